The molecule has 4 saturated carbocycles. The molecule has 4 fully saturated rings. The largest absolute Gasteiger partial charge is 0.393 e. The van der Waals surface area contributed by atoms with E-state index in [1.54, 1.807) is 6.92 Å². The molecule has 40 heavy (non-hydrogen) atoms. The number of aryl methyl sites for hydroxylation is 1. The van der Waals surface area contributed by atoms with Crippen LogP contribution in [0.3, 0.4) is 0 Å². The number of pyridine rings is 1. The van der Waals surface area contributed by atoms with Crippen LogP contribution in [0.2, 0.25) is 0 Å². The first-order valence-corrected chi connectivity index (χ1v) is 17.0. The standard InChI is InChI=1S/C36H58N2O2/c1-25(13-14-26(2)39)30-15-16-31-34-32(18-20-36(30,31)4)35(3)19-17-29(23-27(35)24-33(34)40)38-21-9-6-5-7-11-28-12-8-10-22-37-28/h8,10,12,22,25,27,29-34,38,40H,5-7,9,11,13-21,23-24H2,1-4H3. The molecule has 10 atom stereocenters. The number of aliphatic hydroxyl groups is 1. The second-order valence-electron chi connectivity index (χ2n) is 15.2. The highest BCUT2D eigenvalue weighted by Crippen LogP contribution is 2.68. The number of aliphatic hydroxyl groups excluding tert-OH is 1. The predicted molar refractivity (Wildman–Crippen MR) is 164 cm³/mol. The molecule has 10 unspecified atom stereocenters. The van der Waals surface area contributed by atoms with Crippen molar-refractivity contribution in [2.24, 2.45) is 46.3 Å². The van der Waals surface area contributed by atoms with Crippen molar-refractivity contribution in [1.82, 2.24) is 10.3 Å². The molecular weight excluding hydrogens is 492 g/mol. The van der Waals surface area contributed by atoms with Crippen molar-refractivity contribution < 1.29 is 9.90 Å². The molecule has 224 valence electrons. The summed E-state index contributed by atoms with van der Waals surface area (Å²) in [6.45, 7) is 10.5. The van der Waals surface area contributed by atoms with Gasteiger partial charge in [0.05, 0.1) is 6.10 Å². The van der Waals surface area contributed by atoms with Gasteiger partial charge in [-0.15, -0.1) is 0 Å². The molecule has 5 rings (SSSR count). The molecule has 0 aromatic carbocycles. The number of ketones is 1. The number of nitrogens with one attached hydrogen (secondary N) is 1. The lowest BCUT2D eigenvalue weighted by molar-refractivity contribution is -0.167. The lowest BCUT2D eigenvalue weighted by Gasteiger charge is -2.62. The molecule has 0 bridgehead atoms. The molecule has 4 aliphatic carbocycles. The SMILES string of the molecule is CC(=O)CCC(C)C1CCC2C3C(O)CC4CC(NCCCCCCc5ccccn5)CCC4(C)C3CCC12C. The summed E-state index contributed by atoms with van der Waals surface area (Å²) in [6.07, 6.45) is 19.8. The minimum atomic E-state index is -0.128. The van der Waals surface area contributed by atoms with Gasteiger partial charge in [-0.2, -0.15) is 0 Å². The van der Waals surface area contributed by atoms with E-state index in [0.29, 0.717) is 58.2 Å². The molecule has 1 heterocycles. The third-order valence-corrected chi connectivity index (χ3v) is 12.9. The highest BCUT2D eigenvalue weighted by Gasteiger charge is 2.62. The van der Waals surface area contributed by atoms with Crippen LogP contribution < -0.4 is 5.32 Å². The van der Waals surface area contributed by atoms with Crippen molar-refractivity contribution in [1.29, 1.82) is 0 Å². The van der Waals surface area contributed by atoms with E-state index in [2.05, 4.69) is 43.2 Å². The van der Waals surface area contributed by atoms with Crippen LogP contribution in [-0.4, -0.2) is 34.6 Å². The van der Waals surface area contributed by atoms with E-state index in [9.17, 15) is 9.90 Å². The molecule has 0 amide bonds. The Kier molecular flexibility index (Phi) is 9.77. The summed E-state index contributed by atoms with van der Waals surface area (Å²) in [4.78, 5) is 16.1. The average Bonchev–Trinajstić information content (AvgIpc) is 3.29. The number of hydrogen-bond acceptors (Lipinski definition) is 4. The zero-order chi connectivity index (χ0) is 28.3. The van der Waals surface area contributed by atoms with E-state index >= 15 is 0 Å². The fraction of sp³-hybridized carbons (Fsp3) is 0.833. The van der Waals surface area contributed by atoms with Crippen molar-refractivity contribution >= 4 is 5.78 Å². The number of carbonyl (C=O) groups excluding carboxylic acids is 1. The molecule has 4 heteroatoms. The Hall–Kier alpha value is -1.26. The number of hydrogen-bond donors (Lipinski definition) is 2. The van der Waals surface area contributed by atoms with Crippen molar-refractivity contribution in [3.05, 3.63) is 30.1 Å². The Balaban J connectivity index is 1.10. The molecule has 0 saturated heterocycles. The van der Waals surface area contributed by atoms with E-state index in [1.807, 2.05) is 12.3 Å². The fourth-order valence-electron chi connectivity index (χ4n) is 10.7. The molecule has 4 nitrogen and oxygen atoms in total. The average molecular weight is 551 g/mol. The summed E-state index contributed by atoms with van der Waals surface area (Å²) in [5.74, 6) is 4.15. The molecular formula is C36H58N2O2. The second-order valence-corrected chi connectivity index (χ2v) is 15.2. The van der Waals surface area contributed by atoms with Crippen LogP contribution in [0.1, 0.15) is 123 Å². The number of nitrogens with zero attached hydrogens (tertiary/aromatic N) is 1. The third-order valence-electron chi connectivity index (χ3n) is 12.9. The number of unbranched alkanes of at least 4 members (excludes halogenated alkanes) is 3. The Morgan fingerprint density at radius 2 is 1.80 bits per heavy atom. The summed E-state index contributed by atoms with van der Waals surface area (Å²) >= 11 is 0. The van der Waals surface area contributed by atoms with Gasteiger partial charge in [0, 0.05) is 24.4 Å². The minimum Gasteiger partial charge on any atom is -0.393 e. The Labute approximate surface area is 244 Å². The Morgan fingerprint density at radius 3 is 2.58 bits per heavy atom. The van der Waals surface area contributed by atoms with Crippen LogP contribution in [0.5, 0.6) is 0 Å². The van der Waals surface area contributed by atoms with Gasteiger partial charge in [0.2, 0.25) is 0 Å². The maximum atomic E-state index is 11.7. The Morgan fingerprint density at radius 1 is 1.02 bits per heavy atom. The number of carbonyl (C=O) groups is 1. The predicted octanol–water partition coefficient (Wildman–Crippen LogP) is 7.78. The lowest BCUT2D eigenvalue weighted by Crippen LogP contribution is -2.59. The normalized spacial score (nSPS) is 39.7. The van der Waals surface area contributed by atoms with Crippen molar-refractivity contribution in [2.75, 3.05) is 6.54 Å². The van der Waals surface area contributed by atoms with Gasteiger partial charge < -0.3 is 15.2 Å². The van der Waals surface area contributed by atoms with Crippen molar-refractivity contribution in [3.8, 4) is 0 Å². The van der Waals surface area contributed by atoms with Gasteiger partial charge in [0.1, 0.15) is 5.78 Å². The van der Waals surface area contributed by atoms with E-state index in [4.69, 9.17) is 0 Å². The zero-order valence-electron chi connectivity index (χ0n) is 26.0. The summed E-state index contributed by atoms with van der Waals surface area (Å²) in [5, 5.41) is 15.6. The van der Waals surface area contributed by atoms with E-state index in [-0.39, 0.29) is 6.10 Å². The van der Waals surface area contributed by atoms with Gasteiger partial charge in [-0.3, -0.25) is 4.98 Å². The van der Waals surface area contributed by atoms with Gasteiger partial charge in [-0.25, -0.2) is 0 Å². The number of Topliss-reactive ketones (excluding diaryl/α,β-unsaturated/α-hetero) is 1. The quantitative estimate of drug-likeness (QED) is 0.261. The summed E-state index contributed by atoms with van der Waals surface area (Å²) < 4.78 is 0. The van der Waals surface area contributed by atoms with E-state index < -0.39 is 0 Å². The molecule has 0 radical (unpaired) electrons. The third kappa shape index (κ3) is 6.24. The molecule has 0 aliphatic heterocycles. The zero-order valence-corrected chi connectivity index (χ0v) is 26.0. The first kappa shape index (κ1) is 30.2. The first-order chi connectivity index (χ1) is 19.2. The van der Waals surface area contributed by atoms with Crippen molar-refractivity contribution in [3.63, 3.8) is 0 Å². The van der Waals surface area contributed by atoms with Crippen LogP contribution in [0, 0.1) is 46.3 Å². The number of fused-ring (bicyclic) bond motifs is 5. The molecule has 1 aromatic heterocycles. The van der Waals surface area contributed by atoms with Gasteiger partial charge in [0.15, 0.2) is 0 Å². The number of rotatable bonds is 12. The second kappa shape index (κ2) is 12.9. The van der Waals surface area contributed by atoms with Crippen molar-refractivity contribution in [2.45, 2.75) is 136 Å². The highest BCUT2D eigenvalue weighted by atomic mass is 16.3. The molecule has 2 N–H and O–H groups in total. The molecule has 4 aliphatic rings. The Bertz CT molecular complexity index is 967. The van der Waals surface area contributed by atoms with Gasteiger partial charge in [-0.05, 0) is 149 Å². The van der Waals surface area contributed by atoms with Crippen LogP contribution in [0.4, 0.5) is 0 Å². The van der Waals surface area contributed by atoms with E-state index in [1.165, 1.54) is 76.3 Å². The van der Waals surface area contributed by atoms with Gasteiger partial charge in [-0.1, -0.05) is 39.7 Å². The summed E-state index contributed by atoms with van der Waals surface area (Å²) in [5.41, 5.74) is 1.96. The maximum Gasteiger partial charge on any atom is 0.129 e. The first-order valence-electron chi connectivity index (χ1n) is 17.0. The lowest BCUT2D eigenvalue weighted by atomic mass is 9.43. The fourth-order valence-corrected chi connectivity index (χ4v) is 10.7. The van der Waals surface area contributed by atoms with Crippen LogP contribution in [-0.2, 0) is 11.2 Å². The minimum absolute atomic E-state index is 0.128. The maximum absolute atomic E-state index is 11.7. The number of aromatic nitrogens is 1. The summed E-state index contributed by atoms with van der Waals surface area (Å²) in [7, 11) is 0. The topological polar surface area (TPSA) is 62.2 Å². The van der Waals surface area contributed by atoms with Crippen LogP contribution in [0.25, 0.3) is 0 Å². The highest BCUT2D eigenvalue weighted by molar-refractivity contribution is 5.75. The van der Waals surface area contributed by atoms with E-state index in [0.717, 1.165) is 32.2 Å². The molecule has 0 spiro atoms. The monoisotopic (exact) mass is 550 g/mol. The summed E-state index contributed by atoms with van der Waals surface area (Å²) in [6, 6.07) is 6.84. The smallest absolute Gasteiger partial charge is 0.129 e. The van der Waals surface area contributed by atoms with Gasteiger partial charge >= 0.3 is 0 Å². The van der Waals surface area contributed by atoms with Crippen LogP contribution >= 0.6 is 0 Å². The van der Waals surface area contributed by atoms with Crippen LogP contribution in [0.15, 0.2) is 24.4 Å². The molecule has 1 aromatic rings. The van der Waals surface area contributed by atoms with Gasteiger partial charge in [0.25, 0.3) is 0 Å².